The molecule has 3 rings (SSSR count). The summed E-state index contributed by atoms with van der Waals surface area (Å²) in [6, 6.07) is 11.1. The van der Waals surface area contributed by atoms with E-state index in [-0.39, 0.29) is 17.2 Å². The first-order valence-corrected chi connectivity index (χ1v) is 9.52. The van der Waals surface area contributed by atoms with Crippen LogP contribution in [0.4, 0.5) is 4.39 Å². The topological polar surface area (TPSA) is 76.0 Å². The molecule has 8 heteroatoms. The van der Waals surface area contributed by atoms with Gasteiger partial charge in [-0.15, -0.1) is 0 Å². The monoisotopic (exact) mass is 398 g/mol. The second-order valence-electron chi connectivity index (χ2n) is 6.10. The number of nitrogens with zero attached hydrogens (tertiary/aromatic N) is 2. The van der Waals surface area contributed by atoms with Crippen molar-refractivity contribution in [2.75, 3.05) is 5.75 Å². The number of thioether (sulfide) groups is 1. The minimum absolute atomic E-state index is 0.0750. The van der Waals surface area contributed by atoms with Crippen molar-refractivity contribution in [3.05, 3.63) is 77.4 Å². The number of nitrogens with one attached hydrogen (secondary N) is 2. The van der Waals surface area contributed by atoms with E-state index in [1.54, 1.807) is 6.20 Å². The van der Waals surface area contributed by atoms with E-state index in [4.69, 9.17) is 0 Å². The molecule has 0 aliphatic carbocycles. The predicted octanol–water partition coefficient (Wildman–Crippen LogP) is 3.18. The molecule has 1 aromatic heterocycles. The number of aryl methyl sites for hydroxylation is 1. The van der Waals surface area contributed by atoms with E-state index in [1.165, 1.54) is 41.6 Å². The highest BCUT2D eigenvalue weighted by Gasteiger charge is 2.12. The third kappa shape index (κ3) is 4.58. The van der Waals surface area contributed by atoms with Crippen molar-refractivity contribution in [2.45, 2.75) is 19.0 Å². The number of rotatable bonds is 5. The highest BCUT2D eigenvalue weighted by Crippen LogP contribution is 2.24. The molecule has 1 heterocycles. The van der Waals surface area contributed by atoms with E-state index >= 15 is 0 Å². The molecule has 0 bridgehead atoms. The second-order valence-corrected chi connectivity index (χ2v) is 7.04. The second kappa shape index (κ2) is 8.71. The van der Waals surface area contributed by atoms with Crippen molar-refractivity contribution in [1.82, 2.24) is 20.4 Å². The molecule has 0 radical (unpaired) electrons. The summed E-state index contributed by atoms with van der Waals surface area (Å²) in [5.74, 6) is -1.26. The van der Waals surface area contributed by atoms with E-state index < -0.39 is 11.7 Å². The first-order valence-electron chi connectivity index (χ1n) is 8.53. The molecule has 0 saturated carbocycles. The van der Waals surface area contributed by atoms with Gasteiger partial charge in [0.2, 0.25) is 5.91 Å². The summed E-state index contributed by atoms with van der Waals surface area (Å²) in [4.78, 5) is 28.3. The standard InChI is InChI=1S/C20H19FN4O2S/c1-13-4-3-5-17(14(13)2)25-11-10-22-20(25)28-12-18(26)23-24-19(27)15-6-8-16(21)9-7-15/h3-11H,12H2,1-2H3,(H,23,26)(H,24,27). The Labute approximate surface area is 166 Å². The van der Waals surface area contributed by atoms with Gasteiger partial charge in [-0.3, -0.25) is 25.0 Å². The van der Waals surface area contributed by atoms with Crippen molar-refractivity contribution in [3.8, 4) is 5.69 Å². The van der Waals surface area contributed by atoms with E-state index in [0.717, 1.165) is 11.3 Å². The largest absolute Gasteiger partial charge is 0.295 e. The molecule has 144 valence electrons. The molecule has 0 atom stereocenters. The Kier molecular flexibility index (Phi) is 6.10. The van der Waals surface area contributed by atoms with Crippen LogP contribution in [0.1, 0.15) is 21.5 Å². The van der Waals surface area contributed by atoms with E-state index in [9.17, 15) is 14.0 Å². The summed E-state index contributed by atoms with van der Waals surface area (Å²) >= 11 is 1.26. The summed E-state index contributed by atoms with van der Waals surface area (Å²) in [5, 5.41) is 0.675. The Morgan fingerprint density at radius 3 is 2.61 bits per heavy atom. The van der Waals surface area contributed by atoms with Crippen molar-refractivity contribution in [3.63, 3.8) is 0 Å². The smallest absolute Gasteiger partial charge is 0.269 e. The van der Waals surface area contributed by atoms with Crippen LogP contribution in [0.3, 0.4) is 0 Å². The maximum atomic E-state index is 12.9. The van der Waals surface area contributed by atoms with Crippen LogP contribution in [-0.4, -0.2) is 27.1 Å². The van der Waals surface area contributed by atoms with Crippen LogP contribution in [0.25, 0.3) is 5.69 Å². The van der Waals surface area contributed by atoms with E-state index in [0.29, 0.717) is 5.16 Å². The summed E-state index contributed by atoms with van der Waals surface area (Å²) in [5.41, 5.74) is 8.22. The number of aromatic nitrogens is 2. The lowest BCUT2D eigenvalue weighted by molar-refractivity contribution is -0.119. The molecule has 2 N–H and O–H groups in total. The average Bonchev–Trinajstić information content (AvgIpc) is 3.15. The van der Waals surface area contributed by atoms with Gasteiger partial charge < -0.3 is 0 Å². The molecular formula is C20H19FN4O2S. The third-order valence-corrected chi connectivity index (χ3v) is 5.16. The van der Waals surface area contributed by atoms with Crippen LogP contribution < -0.4 is 10.9 Å². The van der Waals surface area contributed by atoms with Gasteiger partial charge in [-0.25, -0.2) is 9.37 Å². The first kappa shape index (κ1) is 19.6. The van der Waals surface area contributed by atoms with Gasteiger partial charge in [0, 0.05) is 18.0 Å². The third-order valence-electron chi connectivity index (χ3n) is 4.20. The Hall–Kier alpha value is -3.13. The van der Waals surface area contributed by atoms with Crippen molar-refractivity contribution < 1.29 is 14.0 Å². The number of imidazole rings is 1. The number of halogens is 1. The Morgan fingerprint density at radius 1 is 1.11 bits per heavy atom. The van der Waals surface area contributed by atoms with E-state index in [1.807, 2.05) is 42.8 Å². The fourth-order valence-corrected chi connectivity index (χ4v) is 3.31. The zero-order valence-electron chi connectivity index (χ0n) is 15.4. The molecule has 0 fully saturated rings. The van der Waals surface area contributed by atoms with Crippen molar-refractivity contribution in [2.24, 2.45) is 0 Å². The molecule has 3 aromatic rings. The summed E-state index contributed by atoms with van der Waals surface area (Å²) in [6.07, 6.45) is 3.52. The zero-order chi connectivity index (χ0) is 20.1. The molecule has 0 unspecified atom stereocenters. The Balaban J connectivity index is 1.57. The van der Waals surface area contributed by atoms with Gasteiger partial charge >= 0.3 is 0 Å². The molecule has 6 nitrogen and oxygen atoms in total. The molecule has 0 spiro atoms. The van der Waals surface area contributed by atoms with Gasteiger partial charge in [-0.1, -0.05) is 23.9 Å². The molecule has 2 amide bonds. The summed E-state index contributed by atoms with van der Waals surface area (Å²) < 4.78 is 14.8. The fourth-order valence-electron chi connectivity index (χ4n) is 2.54. The first-order chi connectivity index (χ1) is 13.5. The van der Waals surface area contributed by atoms with Gasteiger partial charge in [-0.05, 0) is 55.3 Å². The van der Waals surface area contributed by atoms with Crippen molar-refractivity contribution in [1.29, 1.82) is 0 Å². The van der Waals surface area contributed by atoms with Gasteiger partial charge in [0.05, 0.1) is 11.4 Å². The van der Waals surface area contributed by atoms with Gasteiger partial charge in [0.1, 0.15) is 5.82 Å². The zero-order valence-corrected chi connectivity index (χ0v) is 16.2. The van der Waals surface area contributed by atoms with Gasteiger partial charge in [0.15, 0.2) is 5.16 Å². The Bertz CT molecular complexity index is 1000. The van der Waals surface area contributed by atoms with Crippen molar-refractivity contribution >= 4 is 23.6 Å². The molecular weight excluding hydrogens is 379 g/mol. The minimum Gasteiger partial charge on any atom is -0.295 e. The van der Waals surface area contributed by atoms with Crippen LogP contribution in [-0.2, 0) is 4.79 Å². The maximum absolute atomic E-state index is 12.9. The number of amides is 2. The predicted molar refractivity (Wildman–Crippen MR) is 106 cm³/mol. The molecule has 28 heavy (non-hydrogen) atoms. The van der Waals surface area contributed by atoms with E-state index in [2.05, 4.69) is 15.8 Å². The summed E-state index contributed by atoms with van der Waals surface area (Å²) in [6.45, 7) is 4.08. The quantitative estimate of drug-likeness (QED) is 0.511. The summed E-state index contributed by atoms with van der Waals surface area (Å²) in [7, 11) is 0. The number of carbonyl (C=O) groups excluding carboxylic acids is 2. The minimum atomic E-state index is -0.518. The lowest BCUT2D eigenvalue weighted by Crippen LogP contribution is -2.42. The number of hydrazine groups is 1. The fraction of sp³-hybridized carbons (Fsp3) is 0.150. The molecule has 0 aliphatic rings. The van der Waals surface area contributed by atoms with Gasteiger partial charge in [0.25, 0.3) is 5.91 Å². The molecule has 0 saturated heterocycles. The Morgan fingerprint density at radius 2 is 1.86 bits per heavy atom. The highest BCUT2D eigenvalue weighted by atomic mass is 32.2. The van der Waals surface area contributed by atoms with Crippen LogP contribution in [0.5, 0.6) is 0 Å². The van der Waals surface area contributed by atoms with Crippen LogP contribution in [0.15, 0.2) is 60.0 Å². The number of hydrogen-bond acceptors (Lipinski definition) is 4. The van der Waals surface area contributed by atoms with Crippen LogP contribution in [0.2, 0.25) is 0 Å². The molecule has 2 aromatic carbocycles. The average molecular weight is 398 g/mol. The van der Waals surface area contributed by atoms with Gasteiger partial charge in [-0.2, -0.15) is 0 Å². The lowest BCUT2D eigenvalue weighted by Gasteiger charge is -2.12. The number of benzene rings is 2. The highest BCUT2D eigenvalue weighted by molar-refractivity contribution is 7.99. The van der Waals surface area contributed by atoms with Crippen LogP contribution >= 0.6 is 11.8 Å². The maximum Gasteiger partial charge on any atom is 0.269 e. The number of hydrogen-bond donors (Lipinski definition) is 2. The lowest BCUT2D eigenvalue weighted by atomic mass is 10.1. The molecule has 0 aliphatic heterocycles. The SMILES string of the molecule is Cc1cccc(-n2ccnc2SCC(=O)NNC(=O)c2ccc(F)cc2)c1C. The number of carbonyl (C=O) groups is 2. The van der Waals surface area contributed by atoms with Crippen LogP contribution in [0, 0.1) is 19.7 Å². The normalized spacial score (nSPS) is 10.5.